The average molecular weight is 363 g/mol. The maximum atomic E-state index is 12.3. The molecule has 0 fully saturated rings. The van der Waals surface area contributed by atoms with Gasteiger partial charge < -0.3 is 5.32 Å². The summed E-state index contributed by atoms with van der Waals surface area (Å²) in [6.07, 6.45) is 3.23. The first-order chi connectivity index (χ1) is 10.1. The van der Waals surface area contributed by atoms with Crippen molar-refractivity contribution in [3.05, 3.63) is 64.0 Å². The number of amides is 1. The summed E-state index contributed by atoms with van der Waals surface area (Å²) in [6, 6.07) is 10.7. The molecule has 0 spiro atoms. The third-order valence-corrected chi connectivity index (χ3v) is 3.75. The highest BCUT2D eigenvalue weighted by atomic mass is 79.9. The van der Waals surface area contributed by atoms with Crippen LogP contribution in [0.2, 0.25) is 5.02 Å². The topological polar surface area (TPSA) is 54.9 Å². The van der Waals surface area contributed by atoms with Crippen molar-refractivity contribution in [2.45, 2.75) is 0 Å². The zero-order valence-corrected chi connectivity index (χ0v) is 13.0. The number of anilines is 1. The molecule has 1 amide bonds. The molecule has 4 nitrogen and oxygen atoms in total. The summed E-state index contributed by atoms with van der Waals surface area (Å²) >= 11 is 9.39. The fourth-order valence-electron chi connectivity index (χ4n) is 1.99. The van der Waals surface area contributed by atoms with E-state index in [1.165, 1.54) is 0 Å². The summed E-state index contributed by atoms with van der Waals surface area (Å²) < 4.78 is 0.627. The van der Waals surface area contributed by atoms with E-state index in [-0.39, 0.29) is 5.91 Å². The quantitative estimate of drug-likeness (QED) is 0.739. The molecule has 0 unspecified atom stereocenters. The van der Waals surface area contributed by atoms with Crippen molar-refractivity contribution in [3.8, 4) is 0 Å². The summed E-state index contributed by atoms with van der Waals surface area (Å²) in [4.78, 5) is 20.7. The molecule has 104 valence electrons. The molecule has 0 saturated carbocycles. The van der Waals surface area contributed by atoms with Gasteiger partial charge in [0.05, 0.1) is 11.2 Å². The Bertz CT molecular complexity index is 838. The van der Waals surface area contributed by atoms with Gasteiger partial charge in [-0.15, -0.1) is 0 Å². The molecule has 2 aromatic heterocycles. The van der Waals surface area contributed by atoms with E-state index in [9.17, 15) is 4.79 Å². The Labute approximate surface area is 134 Å². The lowest BCUT2D eigenvalue weighted by molar-refractivity contribution is 0.102. The highest BCUT2D eigenvalue weighted by Gasteiger charge is 2.13. The van der Waals surface area contributed by atoms with Crippen LogP contribution in [0.15, 0.2) is 53.3 Å². The average Bonchev–Trinajstić information content (AvgIpc) is 2.47. The van der Waals surface area contributed by atoms with Crippen molar-refractivity contribution < 1.29 is 4.79 Å². The third-order valence-electron chi connectivity index (χ3n) is 2.89. The summed E-state index contributed by atoms with van der Waals surface area (Å²) in [5.74, 6) is -0.323. The van der Waals surface area contributed by atoms with Crippen LogP contribution in [-0.4, -0.2) is 15.9 Å². The molecule has 2 heterocycles. The SMILES string of the molecule is O=C(Nc1cc(Cl)cc2cccnc12)c1ncccc1Br. The Kier molecular flexibility index (Phi) is 3.86. The largest absolute Gasteiger partial charge is 0.319 e. The van der Waals surface area contributed by atoms with E-state index in [0.717, 1.165) is 5.39 Å². The van der Waals surface area contributed by atoms with E-state index < -0.39 is 0 Å². The number of carbonyl (C=O) groups is 1. The van der Waals surface area contributed by atoms with Gasteiger partial charge in [0, 0.05) is 27.3 Å². The van der Waals surface area contributed by atoms with Crippen molar-refractivity contribution in [2.24, 2.45) is 0 Å². The van der Waals surface area contributed by atoms with Crippen LogP contribution >= 0.6 is 27.5 Å². The third kappa shape index (κ3) is 2.89. The number of hydrogen-bond donors (Lipinski definition) is 1. The van der Waals surface area contributed by atoms with Crippen LogP contribution in [0.3, 0.4) is 0 Å². The van der Waals surface area contributed by atoms with Gasteiger partial charge in [0.25, 0.3) is 5.91 Å². The molecular weight excluding hydrogens is 354 g/mol. The summed E-state index contributed by atoms with van der Waals surface area (Å²) in [7, 11) is 0. The van der Waals surface area contributed by atoms with Gasteiger partial charge in [0.2, 0.25) is 0 Å². The number of halogens is 2. The van der Waals surface area contributed by atoms with Crippen LogP contribution in [0.1, 0.15) is 10.5 Å². The number of benzene rings is 1. The fourth-order valence-corrected chi connectivity index (χ4v) is 2.65. The molecule has 6 heteroatoms. The Hall–Kier alpha value is -1.98. The first-order valence-electron chi connectivity index (χ1n) is 6.11. The van der Waals surface area contributed by atoms with Crippen molar-refractivity contribution >= 4 is 50.0 Å². The number of fused-ring (bicyclic) bond motifs is 1. The maximum Gasteiger partial charge on any atom is 0.275 e. The van der Waals surface area contributed by atoms with Gasteiger partial charge >= 0.3 is 0 Å². The molecule has 0 aliphatic heterocycles. The second kappa shape index (κ2) is 5.79. The van der Waals surface area contributed by atoms with Crippen LogP contribution < -0.4 is 5.32 Å². The zero-order chi connectivity index (χ0) is 14.8. The monoisotopic (exact) mass is 361 g/mol. The van der Waals surface area contributed by atoms with Crippen LogP contribution in [0.25, 0.3) is 10.9 Å². The van der Waals surface area contributed by atoms with Gasteiger partial charge in [0.15, 0.2) is 0 Å². The molecule has 3 rings (SSSR count). The number of nitrogens with one attached hydrogen (secondary N) is 1. The van der Waals surface area contributed by atoms with E-state index in [1.807, 2.05) is 12.1 Å². The second-order valence-electron chi connectivity index (χ2n) is 4.32. The van der Waals surface area contributed by atoms with E-state index in [1.54, 1.807) is 36.7 Å². The van der Waals surface area contributed by atoms with Gasteiger partial charge in [-0.3, -0.25) is 9.78 Å². The highest BCUT2D eigenvalue weighted by Crippen LogP contribution is 2.27. The Morgan fingerprint density at radius 3 is 2.71 bits per heavy atom. The molecule has 0 aliphatic rings. The van der Waals surface area contributed by atoms with Crippen LogP contribution in [0.4, 0.5) is 5.69 Å². The van der Waals surface area contributed by atoms with Crippen molar-refractivity contribution in [1.29, 1.82) is 0 Å². The fraction of sp³-hybridized carbons (Fsp3) is 0. The van der Waals surface area contributed by atoms with E-state index in [0.29, 0.717) is 26.4 Å². The predicted octanol–water partition coefficient (Wildman–Crippen LogP) is 4.30. The number of carbonyl (C=O) groups excluding carboxylic acids is 1. The minimum absolute atomic E-state index is 0.307. The Morgan fingerprint density at radius 1 is 1.14 bits per heavy atom. The van der Waals surface area contributed by atoms with Gasteiger partial charge in [-0.2, -0.15) is 0 Å². The van der Waals surface area contributed by atoms with E-state index >= 15 is 0 Å². The Balaban J connectivity index is 2.02. The minimum atomic E-state index is -0.323. The van der Waals surface area contributed by atoms with Gasteiger partial charge in [0.1, 0.15) is 5.69 Å². The molecule has 0 radical (unpaired) electrons. The van der Waals surface area contributed by atoms with E-state index in [2.05, 4.69) is 31.2 Å². The lowest BCUT2D eigenvalue weighted by atomic mass is 10.2. The molecule has 0 saturated heterocycles. The number of pyridine rings is 2. The Morgan fingerprint density at radius 2 is 1.90 bits per heavy atom. The normalized spacial score (nSPS) is 10.6. The first-order valence-corrected chi connectivity index (χ1v) is 7.28. The molecule has 0 atom stereocenters. The van der Waals surface area contributed by atoms with Crippen LogP contribution in [0.5, 0.6) is 0 Å². The van der Waals surface area contributed by atoms with E-state index in [4.69, 9.17) is 11.6 Å². The minimum Gasteiger partial charge on any atom is -0.319 e. The standard InChI is InChI=1S/C15H9BrClN3O/c16-11-4-2-6-19-14(11)15(21)20-12-8-10(17)7-9-3-1-5-18-13(9)12/h1-8H,(H,20,21). The molecule has 1 N–H and O–H groups in total. The first kappa shape index (κ1) is 14.0. The van der Waals surface area contributed by atoms with Gasteiger partial charge in [-0.1, -0.05) is 17.7 Å². The summed E-state index contributed by atoms with van der Waals surface area (Å²) in [6.45, 7) is 0. The van der Waals surface area contributed by atoms with Gasteiger partial charge in [-0.25, -0.2) is 4.98 Å². The number of hydrogen-bond acceptors (Lipinski definition) is 3. The molecule has 0 aliphatic carbocycles. The summed E-state index contributed by atoms with van der Waals surface area (Å²) in [5, 5.41) is 4.20. The number of aromatic nitrogens is 2. The van der Waals surface area contributed by atoms with Crippen LogP contribution in [0, 0.1) is 0 Å². The molecule has 0 bridgehead atoms. The van der Waals surface area contributed by atoms with Crippen molar-refractivity contribution in [2.75, 3.05) is 5.32 Å². The predicted molar refractivity (Wildman–Crippen MR) is 86.6 cm³/mol. The molecule has 1 aromatic carbocycles. The number of rotatable bonds is 2. The van der Waals surface area contributed by atoms with Crippen molar-refractivity contribution in [1.82, 2.24) is 9.97 Å². The smallest absolute Gasteiger partial charge is 0.275 e. The molecule has 21 heavy (non-hydrogen) atoms. The maximum absolute atomic E-state index is 12.3. The summed E-state index contributed by atoms with van der Waals surface area (Å²) in [5.41, 5.74) is 1.55. The second-order valence-corrected chi connectivity index (χ2v) is 5.61. The lowest BCUT2D eigenvalue weighted by Crippen LogP contribution is -2.14. The van der Waals surface area contributed by atoms with Crippen molar-refractivity contribution in [3.63, 3.8) is 0 Å². The molecular formula is C15H9BrClN3O. The van der Waals surface area contributed by atoms with Crippen LogP contribution in [-0.2, 0) is 0 Å². The highest BCUT2D eigenvalue weighted by molar-refractivity contribution is 9.10. The number of nitrogens with zero attached hydrogens (tertiary/aromatic N) is 2. The zero-order valence-electron chi connectivity index (χ0n) is 10.7. The van der Waals surface area contributed by atoms with Gasteiger partial charge in [-0.05, 0) is 46.3 Å². The lowest BCUT2D eigenvalue weighted by Gasteiger charge is -2.09. The molecule has 3 aromatic rings.